The lowest BCUT2D eigenvalue weighted by atomic mass is 10.1. The molecular formula is C11H13N5. The first-order chi connectivity index (χ1) is 7.74. The monoisotopic (exact) mass is 215 g/mol. The van der Waals surface area contributed by atoms with Gasteiger partial charge in [-0.25, -0.2) is 4.68 Å². The van der Waals surface area contributed by atoms with Gasteiger partial charge in [0.15, 0.2) is 5.82 Å². The Morgan fingerprint density at radius 1 is 1.44 bits per heavy atom. The van der Waals surface area contributed by atoms with E-state index in [0.29, 0.717) is 5.95 Å². The van der Waals surface area contributed by atoms with Gasteiger partial charge in [-0.05, 0) is 11.6 Å². The third kappa shape index (κ3) is 1.32. The van der Waals surface area contributed by atoms with Crippen LogP contribution in [0, 0.1) is 0 Å². The molecule has 82 valence electrons. The van der Waals surface area contributed by atoms with Crippen molar-refractivity contribution in [3.05, 3.63) is 35.7 Å². The summed E-state index contributed by atoms with van der Waals surface area (Å²) in [5, 5.41) is 7.69. The molecule has 1 aliphatic rings. The van der Waals surface area contributed by atoms with Gasteiger partial charge in [-0.3, -0.25) is 0 Å². The number of nitrogens with one attached hydrogen (secondary N) is 1. The number of benzene rings is 1. The molecule has 3 rings (SSSR count). The van der Waals surface area contributed by atoms with E-state index in [9.17, 15) is 0 Å². The van der Waals surface area contributed by atoms with Gasteiger partial charge in [-0.15, -0.1) is 0 Å². The predicted octanol–water partition coefficient (Wildman–Crippen LogP) is 1.11. The van der Waals surface area contributed by atoms with Gasteiger partial charge < -0.3 is 11.1 Å². The highest BCUT2D eigenvalue weighted by Crippen LogP contribution is 2.32. The van der Waals surface area contributed by atoms with Crippen LogP contribution in [0.3, 0.4) is 0 Å². The molecular weight excluding hydrogens is 202 g/mol. The molecule has 2 heterocycles. The van der Waals surface area contributed by atoms with Crippen molar-refractivity contribution in [2.75, 3.05) is 11.1 Å². The second-order valence-corrected chi connectivity index (χ2v) is 4.01. The lowest BCUT2D eigenvalue weighted by molar-refractivity contribution is 0.701. The second-order valence-electron chi connectivity index (χ2n) is 4.01. The van der Waals surface area contributed by atoms with Crippen LogP contribution in [0.4, 0.5) is 11.6 Å². The van der Waals surface area contributed by atoms with Crippen molar-refractivity contribution in [3.8, 4) is 0 Å². The number of nitrogens with two attached hydrogens (primary N) is 1. The van der Waals surface area contributed by atoms with Crippen LogP contribution in [0.1, 0.15) is 17.4 Å². The molecule has 1 unspecified atom stereocenters. The molecule has 1 atom stereocenters. The van der Waals surface area contributed by atoms with E-state index in [4.69, 9.17) is 5.73 Å². The molecule has 1 aromatic carbocycles. The van der Waals surface area contributed by atoms with E-state index < -0.39 is 0 Å². The molecule has 2 aromatic rings. The second kappa shape index (κ2) is 3.23. The van der Waals surface area contributed by atoms with E-state index in [0.717, 1.165) is 12.2 Å². The van der Waals surface area contributed by atoms with Gasteiger partial charge in [0.05, 0.1) is 6.04 Å². The van der Waals surface area contributed by atoms with Crippen LogP contribution in [0.25, 0.3) is 0 Å². The number of fused-ring (bicyclic) bond motifs is 1. The molecule has 3 N–H and O–H groups in total. The number of anilines is 2. The van der Waals surface area contributed by atoms with Crippen molar-refractivity contribution in [1.82, 2.24) is 14.8 Å². The van der Waals surface area contributed by atoms with E-state index in [2.05, 4.69) is 27.5 Å². The highest BCUT2D eigenvalue weighted by atomic mass is 15.4. The van der Waals surface area contributed by atoms with Gasteiger partial charge in [0.2, 0.25) is 5.95 Å². The maximum absolute atomic E-state index is 5.67. The summed E-state index contributed by atoms with van der Waals surface area (Å²) in [5.74, 6) is 1.21. The molecule has 5 heteroatoms. The first kappa shape index (κ1) is 9.21. The van der Waals surface area contributed by atoms with E-state index in [-0.39, 0.29) is 6.04 Å². The van der Waals surface area contributed by atoms with Crippen molar-refractivity contribution >= 4 is 11.6 Å². The van der Waals surface area contributed by atoms with Crippen LogP contribution in [-0.4, -0.2) is 14.8 Å². The fourth-order valence-electron chi connectivity index (χ4n) is 2.02. The molecule has 0 fully saturated rings. The van der Waals surface area contributed by atoms with Crippen molar-refractivity contribution in [1.29, 1.82) is 0 Å². The molecule has 1 aliphatic heterocycles. The topological polar surface area (TPSA) is 68.8 Å². The average Bonchev–Trinajstić information content (AvgIpc) is 2.83. The van der Waals surface area contributed by atoms with Crippen LogP contribution in [0.15, 0.2) is 24.3 Å². The molecule has 0 saturated heterocycles. The van der Waals surface area contributed by atoms with E-state index in [1.807, 2.05) is 12.1 Å². The Labute approximate surface area is 93.3 Å². The molecule has 0 aliphatic carbocycles. The van der Waals surface area contributed by atoms with Gasteiger partial charge in [0, 0.05) is 19.2 Å². The molecule has 0 saturated carbocycles. The van der Waals surface area contributed by atoms with Gasteiger partial charge in [0.25, 0.3) is 0 Å². The zero-order chi connectivity index (χ0) is 11.1. The largest absolute Gasteiger partial charge is 0.375 e. The highest BCUT2D eigenvalue weighted by molar-refractivity contribution is 5.57. The van der Waals surface area contributed by atoms with Crippen molar-refractivity contribution in [2.24, 2.45) is 7.05 Å². The summed E-state index contributed by atoms with van der Waals surface area (Å²) in [6.45, 7) is 0. The fourth-order valence-corrected chi connectivity index (χ4v) is 2.02. The Balaban J connectivity index is 1.91. The molecule has 0 bridgehead atoms. The van der Waals surface area contributed by atoms with Gasteiger partial charge in [0.1, 0.15) is 0 Å². The lowest BCUT2D eigenvalue weighted by Crippen LogP contribution is -2.08. The normalized spacial score (nSPS) is 18.2. The SMILES string of the molecule is Cn1nc(C2Cc3ccccc3N2)nc1N. The van der Waals surface area contributed by atoms with Crippen LogP contribution in [0.2, 0.25) is 0 Å². The number of para-hydroxylation sites is 1. The summed E-state index contributed by atoms with van der Waals surface area (Å²) >= 11 is 0. The summed E-state index contributed by atoms with van der Waals surface area (Å²) in [7, 11) is 1.80. The summed E-state index contributed by atoms with van der Waals surface area (Å²) in [6, 6.07) is 8.40. The Hall–Kier alpha value is -2.04. The standard InChI is InChI=1S/C11H13N5/c1-16-11(12)14-10(15-16)9-6-7-4-2-3-5-8(7)13-9/h2-5,9,13H,6H2,1H3,(H2,12,14,15). The zero-order valence-corrected chi connectivity index (χ0v) is 9.01. The number of aryl methyl sites for hydroxylation is 1. The third-order valence-electron chi connectivity index (χ3n) is 2.90. The van der Waals surface area contributed by atoms with Gasteiger partial charge in [-0.1, -0.05) is 18.2 Å². The van der Waals surface area contributed by atoms with Crippen molar-refractivity contribution < 1.29 is 0 Å². The first-order valence-corrected chi connectivity index (χ1v) is 5.25. The zero-order valence-electron chi connectivity index (χ0n) is 9.01. The van der Waals surface area contributed by atoms with Crippen LogP contribution >= 0.6 is 0 Å². The van der Waals surface area contributed by atoms with Crippen molar-refractivity contribution in [3.63, 3.8) is 0 Å². The molecule has 0 spiro atoms. The summed E-state index contributed by atoms with van der Waals surface area (Å²) in [4.78, 5) is 4.24. The van der Waals surface area contributed by atoms with E-state index >= 15 is 0 Å². The Bertz CT molecular complexity index is 486. The van der Waals surface area contributed by atoms with Crippen molar-refractivity contribution in [2.45, 2.75) is 12.5 Å². The Morgan fingerprint density at radius 2 is 2.25 bits per heavy atom. The number of nitrogen functional groups attached to an aromatic ring is 1. The number of hydrogen-bond donors (Lipinski definition) is 2. The van der Waals surface area contributed by atoms with Gasteiger partial charge in [-0.2, -0.15) is 10.1 Å². The number of hydrogen-bond acceptors (Lipinski definition) is 4. The Morgan fingerprint density at radius 3 is 2.94 bits per heavy atom. The molecule has 1 aromatic heterocycles. The van der Waals surface area contributed by atoms with Gasteiger partial charge >= 0.3 is 0 Å². The Kier molecular flexibility index (Phi) is 1.86. The van der Waals surface area contributed by atoms with E-state index in [1.165, 1.54) is 11.3 Å². The fraction of sp³-hybridized carbons (Fsp3) is 0.273. The van der Waals surface area contributed by atoms with Crippen LogP contribution in [0.5, 0.6) is 0 Å². The summed E-state index contributed by atoms with van der Waals surface area (Å²) < 4.78 is 1.60. The minimum atomic E-state index is 0.140. The number of nitrogens with zero attached hydrogens (tertiary/aromatic N) is 3. The quantitative estimate of drug-likeness (QED) is 0.747. The number of rotatable bonds is 1. The lowest BCUT2D eigenvalue weighted by Gasteiger charge is -2.05. The van der Waals surface area contributed by atoms with Crippen LogP contribution < -0.4 is 11.1 Å². The molecule has 5 nitrogen and oxygen atoms in total. The molecule has 0 radical (unpaired) electrons. The minimum Gasteiger partial charge on any atom is -0.375 e. The van der Waals surface area contributed by atoms with E-state index in [1.54, 1.807) is 11.7 Å². The maximum atomic E-state index is 5.67. The smallest absolute Gasteiger partial charge is 0.218 e. The summed E-state index contributed by atoms with van der Waals surface area (Å²) in [5.41, 5.74) is 8.14. The third-order valence-corrected chi connectivity index (χ3v) is 2.90. The average molecular weight is 215 g/mol. The number of aromatic nitrogens is 3. The highest BCUT2D eigenvalue weighted by Gasteiger charge is 2.25. The maximum Gasteiger partial charge on any atom is 0.218 e. The molecule has 0 amide bonds. The predicted molar refractivity (Wildman–Crippen MR) is 61.9 cm³/mol. The van der Waals surface area contributed by atoms with Crippen LogP contribution in [-0.2, 0) is 13.5 Å². The summed E-state index contributed by atoms with van der Waals surface area (Å²) in [6.07, 6.45) is 0.916. The molecule has 16 heavy (non-hydrogen) atoms. The first-order valence-electron chi connectivity index (χ1n) is 5.25. The minimum absolute atomic E-state index is 0.140.